The molecule has 0 spiro atoms. The number of nitrogens with zero attached hydrogens (tertiary/aromatic N) is 2. The van der Waals surface area contributed by atoms with Crippen LogP contribution >= 0.6 is 23.1 Å². The second-order valence-electron chi connectivity index (χ2n) is 5.26. The van der Waals surface area contributed by atoms with Crippen LogP contribution in [0.15, 0.2) is 58.9 Å². The average molecular weight is 387 g/mol. The Balaban J connectivity index is 1.45. The van der Waals surface area contributed by atoms with Crippen molar-refractivity contribution < 1.29 is 9.53 Å². The molecule has 26 heavy (non-hydrogen) atoms. The highest BCUT2D eigenvalue weighted by atomic mass is 32.2. The van der Waals surface area contributed by atoms with Crippen LogP contribution in [0.2, 0.25) is 0 Å². The van der Waals surface area contributed by atoms with Crippen molar-refractivity contribution in [3.05, 3.63) is 60.2 Å². The van der Waals surface area contributed by atoms with Gasteiger partial charge in [0.25, 0.3) is 0 Å². The molecule has 3 aromatic rings. The second kappa shape index (κ2) is 9.21. The molecule has 0 aliphatic carbocycles. The average Bonchev–Trinajstić information content (AvgIpc) is 3.10. The van der Waals surface area contributed by atoms with Crippen LogP contribution in [0.4, 0.5) is 15.6 Å². The van der Waals surface area contributed by atoms with Crippen LogP contribution in [-0.4, -0.2) is 29.1 Å². The molecule has 2 aromatic carbocycles. The molecule has 6 nitrogen and oxygen atoms in total. The topological polar surface area (TPSA) is 76.1 Å². The molecule has 0 fully saturated rings. The summed E-state index contributed by atoms with van der Waals surface area (Å²) in [5, 5.41) is 14.0. The summed E-state index contributed by atoms with van der Waals surface area (Å²) in [7, 11) is 1.60. The van der Waals surface area contributed by atoms with E-state index in [0.29, 0.717) is 10.8 Å². The minimum atomic E-state index is -0.354. The van der Waals surface area contributed by atoms with Gasteiger partial charge >= 0.3 is 6.03 Å². The number of carbonyl (C=O) groups is 1. The van der Waals surface area contributed by atoms with Crippen LogP contribution < -0.4 is 15.4 Å². The van der Waals surface area contributed by atoms with Gasteiger partial charge in [-0.3, -0.25) is 5.32 Å². The number of hydrogen-bond donors (Lipinski definition) is 2. The van der Waals surface area contributed by atoms with Crippen molar-refractivity contribution in [1.82, 2.24) is 10.2 Å². The molecule has 0 unspecified atom stereocenters. The van der Waals surface area contributed by atoms with Gasteiger partial charge in [0.15, 0.2) is 4.34 Å². The fourth-order valence-electron chi connectivity index (χ4n) is 2.15. The van der Waals surface area contributed by atoms with Gasteiger partial charge in [0.05, 0.1) is 7.11 Å². The number of hydrogen-bond acceptors (Lipinski definition) is 6. The van der Waals surface area contributed by atoms with E-state index in [0.717, 1.165) is 22.3 Å². The molecule has 8 heteroatoms. The quantitative estimate of drug-likeness (QED) is 0.461. The lowest BCUT2D eigenvalue weighted by Gasteiger charge is -2.05. The summed E-state index contributed by atoms with van der Waals surface area (Å²) >= 11 is 2.99. The number of urea groups is 1. The van der Waals surface area contributed by atoms with E-state index in [2.05, 4.69) is 33.0 Å². The van der Waals surface area contributed by atoms with Crippen molar-refractivity contribution in [2.24, 2.45) is 0 Å². The SMILES string of the molecule is COc1ccc(NC(=O)Nc2nnc(SCCc3ccccc3)s2)cc1. The van der Waals surface area contributed by atoms with Gasteiger partial charge in [-0.15, -0.1) is 10.2 Å². The van der Waals surface area contributed by atoms with E-state index >= 15 is 0 Å². The van der Waals surface area contributed by atoms with Gasteiger partial charge < -0.3 is 10.1 Å². The number of rotatable bonds is 7. The minimum Gasteiger partial charge on any atom is -0.497 e. The Morgan fingerprint density at radius 2 is 1.85 bits per heavy atom. The minimum absolute atomic E-state index is 0.354. The molecule has 0 aliphatic rings. The van der Waals surface area contributed by atoms with Crippen LogP contribution in [0.1, 0.15) is 5.56 Å². The lowest BCUT2D eigenvalue weighted by Crippen LogP contribution is -2.19. The van der Waals surface area contributed by atoms with Crippen molar-refractivity contribution in [2.75, 3.05) is 23.5 Å². The van der Waals surface area contributed by atoms with Gasteiger partial charge in [-0.05, 0) is 36.2 Å². The Hall–Kier alpha value is -2.58. The standard InChI is InChI=1S/C18H18N4O2S2/c1-24-15-9-7-14(8-10-15)19-16(23)20-17-21-22-18(26-17)25-12-11-13-5-3-2-4-6-13/h2-10H,11-12H2,1H3,(H2,19,20,21,23). The molecule has 3 rings (SSSR count). The molecule has 0 aliphatic heterocycles. The number of aryl methyl sites for hydroxylation is 1. The van der Waals surface area contributed by atoms with Crippen LogP contribution in [0.25, 0.3) is 0 Å². The molecule has 0 atom stereocenters. The van der Waals surface area contributed by atoms with E-state index in [4.69, 9.17) is 4.74 Å². The third-order valence-corrected chi connectivity index (χ3v) is 5.41. The first-order valence-corrected chi connectivity index (χ1v) is 9.75. The molecular weight excluding hydrogens is 368 g/mol. The first-order valence-electron chi connectivity index (χ1n) is 7.95. The van der Waals surface area contributed by atoms with E-state index in [1.165, 1.54) is 16.9 Å². The molecule has 0 radical (unpaired) electrons. The number of benzene rings is 2. The first-order chi connectivity index (χ1) is 12.7. The number of amides is 2. The number of methoxy groups -OCH3 is 1. The summed E-state index contributed by atoms with van der Waals surface area (Å²) in [5.74, 6) is 1.65. The fraction of sp³-hybridized carbons (Fsp3) is 0.167. The normalized spacial score (nSPS) is 10.3. The van der Waals surface area contributed by atoms with E-state index < -0.39 is 0 Å². The number of ether oxygens (including phenoxy) is 1. The van der Waals surface area contributed by atoms with Crippen molar-refractivity contribution in [1.29, 1.82) is 0 Å². The van der Waals surface area contributed by atoms with Gasteiger partial charge in [-0.2, -0.15) is 0 Å². The first kappa shape index (κ1) is 18.2. The summed E-state index contributed by atoms with van der Waals surface area (Å²) in [4.78, 5) is 12.0. The van der Waals surface area contributed by atoms with Crippen LogP contribution in [0.3, 0.4) is 0 Å². The summed E-state index contributed by atoms with van der Waals surface area (Å²) in [6.45, 7) is 0. The number of thioether (sulfide) groups is 1. The highest BCUT2D eigenvalue weighted by Crippen LogP contribution is 2.26. The summed E-state index contributed by atoms with van der Waals surface area (Å²) in [6, 6.07) is 17.0. The van der Waals surface area contributed by atoms with Gasteiger partial charge in [0.1, 0.15) is 5.75 Å². The number of carbonyl (C=O) groups excluding carboxylic acids is 1. The Morgan fingerprint density at radius 1 is 1.08 bits per heavy atom. The molecular formula is C18H18N4O2S2. The molecule has 134 valence electrons. The third kappa shape index (κ3) is 5.47. The van der Waals surface area contributed by atoms with Gasteiger partial charge in [-0.1, -0.05) is 53.4 Å². The van der Waals surface area contributed by atoms with Crippen molar-refractivity contribution in [3.63, 3.8) is 0 Å². The Morgan fingerprint density at radius 3 is 2.58 bits per heavy atom. The maximum Gasteiger partial charge on any atom is 0.325 e. The smallest absolute Gasteiger partial charge is 0.325 e. The third-order valence-electron chi connectivity index (χ3n) is 3.43. The number of nitrogens with one attached hydrogen (secondary N) is 2. The van der Waals surface area contributed by atoms with E-state index in [1.54, 1.807) is 43.1 Å². The van der Waals surface area contributed by atoms with Crippen molar-refractivity contribution in [3.8, 4) is 5.75 Å². The molecule has 0 bridgehead atoms. The van der Waals surface area contributed by atoms with Crippen LogP contribution in [0.5, 0.6) is 5.75 Å². The number of aromatic nitrogens is 2. The zero-order valence-corrected chi connectivity index (χ0v) is 15.8. The second-order valence-corrected chi connectivity index (χ2v) is 7.58. The Bertz CT molecular complexity index is 838. The number of anilines is 2. The molecule has 1 aromatic heterocycles. The van der Waals surface area contributed by atoms with Gasteiger partial charge in [0.2, 0.25) is 5.13 Å². The van der Waals surface area contributed by atoms with Crippen LogP contribution in [0, 0.1) is 0 Å². The summed E-state index contributed by atoms with van der Waals surface area (Å²) in [6.07, 6.45) is 0.964. The van der Waals surface area contributed by atoms with Gasteiger partial charge in [-0.25, -0.2) is 4.79 Å². The molecule has 0 saturated carbocycles. The highest BCUT2D eigenvalue weighted by molar-refractivity contribution is 8.01. The fourth-order valence-corrected chi connectivity index (χ4v) is 3.96. The molecule has 2 amide bonds. The molecule has 0 saturated heterocycles. The lowest BCUT2D eigenvalue weighted by molar-refractivity contribution is 0.262. The zero-order chi connectivity index (χ0) is 18.2. The van der Waals surface area contributed by atoms with E-state index in [-0.39, 0.29) is 6.03 Å². The largest absolute Gasteiger partial charge is 0.497 e. The molecule has 1 heterocycles. The predicted octanol–water partition coefficient (Wildman–Crippen LogP) is 4.53. The Labute approximate surface area is 160 Å². The van der Waals surface area contributed by atoms with E-state index in [1.807, 2.05) is 18.2 Å². The maximum atomic E-state index is 12.0. The summed E-state index contributed by atoms with van der Waals surface area (Å²) < 4.78 is 5.92. The zero-order valence-electron chi connectivity index (χ0n) is 14.1. The maximum absolute atomic E-state index is 12.0. The summed E-state index contributed by atoms with van der Waals surface area (Å²) in [5.41, 5.74) is 1.96. The van der Waals surface area contributed by atoms with Gasteiger partial charge in [0, 0.05) is 11.4 Å². The van der Waals surface area contributed by atoms with Crippen molar-refractivity contribution in [2.45, 2.75) is 10.8 Å². The van der Waals surface area contributed by atoms with E-state index in [9.17, 15) is 4.79 Å². The monoisotopic (exact) mass is 386 g/mol. The highest BCUT2D eigenvalue weighted by Gasteiger charge is 2.09. The van der Waals surface area contributed by atoms with Crippen LogP contribution in [-0.2, 0) is 6.42 Å². The Kier molecular flexibility index (Phi) is 6.45. The molecule has 2 N–H and O–H groups in total. The van der Waals surface area contributed by atoms with Crippen molar-refractivity contribution >= 4 is 39.9 Å². The lowest BCUT2D eigenvalue weighted by atomic mass is 10.2. The predicted molar refractivity (Wildman–Crippen MR) is 106 cm³/mol.